The predicted molar refractivity (Wildman–Crippen MR) is 87.0 cm³/mol. The number of hydrogen-bond donors (Lipinski definition) is 3. The van der Waals surface area contributed by atoms with Gasteiger partial charge in [0.05, 0.1) is 5.41 Å². The van der Waals surface area contributed by atoms with E-state index < -0.39 is 0 Å². The first-order valence-corrected chi connectivity index (χ1v) is 7.61. The van der Waals surface area contributed by atoms with E-state index in [1.54, 1.807) is 0 Å². The lowest BCUT2D eigenvalue weighted by atomic mass is 9.67. The van der Waals surface area contributed by atoms with Gasteiger partial charge in [-0.3, -0.25) is 4.79 Å². The molecule has 2 heterocycles. The fraction of sp³-hybridized carbons (Fsp3) is 0.533. The average Bonchev–Trinajstić information content (AvgIpc) is 3.13. The number of carbonyl (C=O) groups is 1. The number of nitrogens with one attached hydrogen (secondary N) is 3. The van der Waals surface area contributed by atoms with Gasteiger partial charge in [-0.1, -0.05) is 12.8 Å². The zero-order valence-electron chi connectivity index (χ0n) is 12.3. The molecule has 118 valence electrons. The molecule has 0 bridgehead atoms. The summed E-state index contributed by atoms with van der Waals surface area (Å²) < 4.78 is 0. The summed E-state index contributed by atoms with van der Waals surface area (Å²) in [6.07, 6.45) is 4.53. The Kier molecular flexibility index (Phi) is 4.06. The number of aromatic nitrogens is 3. The van der Waals surface area contributed by atoms with Crippen LogP contribution in [-0.2, 0) is 4.79 Å². The summed E-state index contributed by atoms with van der Waals surface area (Å²) in [7, 11) is 0. The van der Waals surface area contributed by atoms with Crippen molar-refractivity contribution in [2.75, 3.05) is 18.4 Å². The SMILES string of the molecule is Cl.O=C(Nc1ccc2n[nH]nc2c1)[C@@]12CCCC[C@H]1CNC2. The van der Waals surface area contributed by atoms with Gasteiger partial charge in [0.2, 0.25) is 5.91 Å². The highest BCUT2D eigenvalue weighted by atomic mass is 35.5. The van der Waals surface area contributed by atoms with Crippen molar-refractivity contribution in [3.63, 3.8) is 0 Å². The number of carbonyl (C=O) groups excluding carboxylic acids is 1. The summed E-state index contributed by atoms with van der Waals surface area (Å²) in [5.74, 6) is 0.627. The number of anilines is 1. The molecule has 1 aromatic carbocycles. The van der Waals surface area contributed by atoms with Crippen LogP contribution in [0.4, 0.5) is 5.69 Å². The second-order valence-corrected chi connectivity index (χ2v) is 6.21. The fourth-order valence-corrected chi connectivity index (χ4v) is 3.86. The van der Waals surface area contributed by atoms with E-state index >= 15 is 0 Å². The van der Waals surface area contributed by atoms with Crippen LogP contribution in [0.15, 0.2) is 18.2 Å². The van der Waals surface area contributed by atoms with Gasteiger partial charge < -0.3 is 10.6 Å². The highest BCUT2D eigenvalue weighted by Crippen LogP contribution is 2.44. The maximum Gasteiger partial charge on any atom is 0.232 e. The summed E-state index contributed by atoms with van der Waals surface area (Å²) in [4.78, 5) is 12.9. The Morgan fingerprint density at radius 3 is 3.05 bits per heavy atom. The molecule has 2 atom stereocenters. The average molecular weight is 322 g/mol. The Labute approximate surface area is 134 Å². The van der Waals surface area contributed by atoms with E-state index in [0.29, 0.717) is 5.92 Å². The summed E-state index contributed by atoms with van der Waals surface area (Å²) in [5.41, 5.74) is 2.16. The molecule has 22 heavy (non-hydrogen) atoms. The minimum Gasteiger partial charge on any atom is -0.325 e. The molecule has 2 fully saturated rings. The van der Waals surface area contributed by atoms with Crippen LogP contribution in [0.5, 0.6) is 0 Å². The molecule has 2 aromatic rings. The van der Waals surface area contributed by atoms with Gasteiger partial charge in [0.15, 0.2) is 0 Å². The standard InChI is InChI=1S/C15H19N5O.ClH/c21-14(15-6-2-1-3-10(15)8-16-9-15)17-11-4-5-12-13(7-11)19-20-18-12;/h4-5,7,10,16H,1-3,6,8-9H2,(H,17,21)(H,18,19,20);1H/t10-,15+;/m0./s1. The van der Waals surface area contributed by atoms with Crippen molar-refractivity contribution in [3.8, 4) is 0 Å². The van der Waals surface area contributed by atoms with Gasteiger partial charge in [0.25, 0.3) is 0 Å². The summed E-state index contributed by atoms with van der Waals surface area (Å²) >= 11 is 0. The van der Waals surface area contributed by atoms with Crippen LogP contribution in [0.2, 0.25) is 0 Å². The smallest absolute Gasteiger partial charge is 0.232 e. The van der Waals surface area contributed by atoms with Crippen LogP contribution in [-0.4, -0.2) is 34.4 Å². The van der Waals surface area contributed by atoms with Crippen molar-refractivity contribution >= 4 is 35.0 Å². The Hall–Kier alpha value is -1.66. The largest absolute Gasteiger partial charge is 0.325 e. The first-order chi connectivity index (χ1) is 10.3. The first kappa shape index (κ1) is 15.2. The molecule has 0 unspecified atom stereocenters. The van der Waals surface area contributed by atoms with E-state index in [-0.39, 0.29) is 23.7 Å². The van der Waals surface area contributed by atoms with Crippen molar-refractivity contribution < 1.29 is 4.79 Å². The van der Waals surface area contributed by atoms with Crippen LogP contribution in [0.25, 0.3) is 11.0 Å². The molecule has 7 heteroatoms. The van der Waals surface area contributed by atoms with Gasteiger partial charge in [0.1, 0.15) is 11.0 Å². The fourth-order valence-electron chi connectivity index (χ4n) is 3.86. The van der Waals surface area contributed by atoms with Crippen molar-refractivity contribution in [1.82, 2.24) is 20.7 Å². The maximum atomic E-state index is 12.9. The molecule has 0 spiro atoms. The molecular weight excluding hydrogens is 302 g/mol. The second-order valence-electron chi connectivity index (χ2n) is 6.21. The van der Waals surface area contributed by atoms with Crippen LogP contribution in [0, 0.1) is 11.3 Å². The summed E-state index contributed by atoms with van der Waals surface area (Å²) in [6, 6.07) is 5.63. The minimum absolute atomic E-state index is 0. The molecule has 1 aromatic heterocycles. The molecule has 6 nitrogen and oxygen atoms in total. The molecule has 3 N–H and O–H groups in total. The molecule has 1 saturated heterocycles. The van der Waals surface area contributed by atoms with Crippen LogP contribution >= 0.6 is 12.4 Å². The number of amides is 1. The van der Waals surface area contributed by atoms with Crippen molar-refractivity contribution in [2.24, 2.45) is 11.3 Å². The quantitative estimate of drug-likeness (QED) is 0.791. The third kappa shape index (κ3) is 2.36. The van der Waals surface area contributed by atoms with Gasteiger partial charge in [-0.15, -0.1) is 12.4 Å². The van der Waals surface area contributed by atoms with Gasteiger partial charge >= 0.3 is 0 Å². The van der Waals surface area contributed by atoms with E-state index in [1.165, 1.54) is 6.42 Å². The van der Waals surface area contributed by atoms with E-state index in [0.717, 1.165) is 49.1 Å². The zero-order valence-corrected chi connectivity index (χ0v) is 13.1. The van der Waals surface area contributed by atoms with E-state index in [4.69, 9.17) is 0 Å². The van der Waals surface area contributed by atoms with Crippen molar-refractivity contribution in [3.05, 3.63) is 18.2 Å². The lowest BCUT2D eigenvalue weighted by Gasteiger charge is -2.37. The van der Waals surface area contributed by atoms with Gasteiger partial charge in [0, 0.05) is 12.2 Å². The summed E-state index contributed by atoms with van der Waals surface area (Å²) in [5, 5.41) is 17.2. The third-order valence-electron chi connectivity index (χ3n) is 5.06. The number of hydrogen-bond acceptors (Lipinski definition) is 4. The normalized spacial score (nSPS) is 27.2. The van der Waals surface area contributed by atoms with E-state index in [1.807, 2.05) is 18.2 Å². The number of H-pyrrole nitrogens is 1. The molecule has 1 aliphatic carbocycles. The van der Waals surface area contributed by atoms with Crippen molar-refractivity contribution in [1.29, 1.82) is 0 Å². The highest BCUT2D eigenvalue weighted by molar-refractivity contribution is 5.97. The molecule has 2 aliphatic rings. The number of fused-ring (bicyclic) bond motifs is 2. The van der Waals surface area contributed by atoms with E-state index in [9.17, 15) is 4.79 Å². The molecule has 1 saturated carbocycles. The van der Waals surface area contributed by atoms with Crippen LogP contribution < -0.4 is 10.6 Å². The zero-order chi connectivity index (χ0) is 14.3. The number of rotatable bonds is 2. The number of nitrogens with zero attached hydrogens (tertiary/aromatic N) is 2. The molecule has 1 amide bonds. The van der Waals surface area contributed by atoms with Crippen molar-refractivity contribution in [2.45, 2.75) is 25.7 Å². The summed E-state index contributed by atoms with van der Waals surface area (Å²) in [6.45, 7) is 1.77. The lowest BCUT2D eigenvalue weighted by molar-refractivity contribution is -0.128. The van der Waals surface area contributed by atoms with Gasteiger partial charge in [-0.05, 0) is 43.5 Å². The van der Waals surface area contributed by atoms with E-state index in [2.05, 4.69) is 26.0 Å². The van der Waals surface area contributed by atoms with Gasteiger partial charge in [-0.2, -0.15) is 15.4 Å². The van der Waals surface area contributed by atoms with Gasteiger partial charge in [-0.25, -0.2) is 0 Å². The lowest BCUT2D eigenvalue weighted by Crippen LogP contribution is -2.44. The number of aromatic amines is 1. The maximum absolute atomic E-state index is 12.9. The number of benzene rings is 1. The number of halogens is 1. The monoisotopic (exact) mass is 321 g/mol. The molecule has 0 radical (unpaired) electrons. The minimum atomic E-state index is -0.225. The Bertz CT molecular complexity index is 687. The first-order valence-electron chi connectivity index (χ1n) is 7.61. The third-order valence-corrected chi connectivity index (χ3v) is 5.06. The topological polar surface area (TPSA) is 82.7 Å². The Balaban J connectivity index is 0.00000144. The predicted octanol–water partition coefficient (Wildman–Crippen LogP) is 2.10. The Morgan fingerprint density at radius 2 is 2.14 bits per heavy atom. The van der Waals surface area contributed by atoms with Crippen LogP contribution in [0.1, 0.15) is 25.7 Å². The van der Waals surface area contributed by atoms with Crippen LogP contribution in [0.3, 0.4) is 0 Å². The second kappa shape index (κ2) is 5.85. The Morgan fingerprint density at radius 1 is 1.27 bits per heavy atom. The molecule has 4 rings (SSSR count). The molecular formula is C15H20ClN5O. The highest BCUT2D eigenvalue weighted by Gasteiger charge is 2.49. The molecule has 1 aliphatic heterocycles.